The van der Waals surface area contributed by atoms with Crippen molar-refractivity contribution < 1.29 is 22.1 Å². The van der Waals surface area contributed by atoms with E-state index in [4.69, 9.17) is 8.92 Å². The predicted octanol–water partition coefficient (Wildman–Crippen LogP) is 0.750. The summed E-state index contributed by atoms with van der Waals surface area (Å²) in [7, 11) is -3.42. The minimum Gasteiger partial charge on any atom is -0.445 e. The van der Waals surface area contributed by atoms with Gasteiger partial charge in [-0.3, -0.25) is 4.18 Å². The highest BCUT2D eigenvalue weighted by Crippen LogP contribution is 2.16. The van der Waals surface area contributed by atoms with Crippen LogP contribution in [0.4, 0.5) is 4.79 Å². The zero-order valence-corrected chi connectivity index (χ0v) is 10.6. The average molecular weight is 263 g/mol. The Bertz CT molecular complexity index is 370. The van der Waals surface area contributed by atoms with E-state index < -0.39 is 16.2 Å². The van der Waals surface area contributed by atoms with Crippen LogP contribution in [-0.4, -0.2) is 51.5 Å². The van der Waals surface area contributed by atoms with E-state index in [1.807, 2.05) is 0 Å². The zero-order chi connectivity index (χ0) is 12.9. The molecule has 98 valence electrons. The molecule has 1 saturated heterocycles. The monoisotopic (exact) mass is 263 g/mol. The van der Waals surface area contributed by atoms with E-state index in [0.717, 1.165) is 6.26 Å². The van der Waals surface area contributed by atoms with Crippen LogP contribution < -0.4 is 0 Å². The first-order valence-corrected chi connectivity index (χ1v) is 7.15. The SMILES string of the molecule is C=CCOC(=O)N1CCC(OS(C)(=O)=O)CC1. The van der Waals surface area contributed by atoms with E-state index in [9.17, 15) is 13.2 Å². The molecule has 0 aromatic rings. The molecule has 0 aliphatic carbocycles. The van der Waals surface area contributed by atoms with Crippen molar-refractivity contribution in [2.24, 2.45) is 0 Å². The van der Waals surface area contributed by atoms with Gasteiger partial charge in [-0.15, -0.1) is 0 Å². The molecule has 0 unspecified atom stereocenters. The van der Waals surface area contributed by atoms with Crippen molar-refractivity contribution in [3.05, 3.63) is 12.7 Å². The van der Waals surface area contributed by atoms with Gasteiger partial charge < -0.3 is 9.64 Å². The van der Waals surface area contributed by atoms with E-state index in [0.29, 0.717) is 25.9 Å². The van der Waals surface area contributed by atoms with E-state index in [1.165, 1.54) is 11.0 Å². The Labute approximate surface area is 101 Å². The lowest BCUT2D eigenvalue weighted by molar-refractivity contribution is 0.0759. The Balaban J connectivity index is 2.35. The van der Waals surface area contributed by atoms with Crippen molar-refractivity contribution >= 4 is 16.2 Å². The van der Waals surface area contributed by atoms with Gasteiger partial charge in [-0.2, -0.15) is 8.42 Å². The molecule has 0 bridgehead atoms. The second-order valence-corrected chi connectivity index (χ2v) is 5.45. The zero-order valence-electron chi connectivity index (χ0n) is 9.79. The summed E-state index contributed by atoms with van der Waals surface area (Å²) in [5, 5.41) is 0. The highest BCUT2D eigenvalue weighted by Gasteiger charge is 2.26. The summed E-state index contributed by atoms with van der Waals surface area (Å²) in [6.45, 7) is 4.51. The van der Waals surface area contributed by atoms with Gasteiger partial charge in [-0.1, -0.05) is 12.7 Å². The Morgan fingerprint density at radius 3 is 2.53 bits per heavy atom. The van der Waals surface area contributed by atoms with Crippen LogP contribution in [0.1, 0.15) is 12.8 Å². The number of amides is 1. The molecule has 17 heavy (non-hydrogen) atoms. The first kappa shape index (κ1) is 14.0. The number of piperidine rings is 1. The molecule has 0 saturated carbocycles. The number of likely N-dealkylation sites (tertiary alicyclic amines) is 1. The van der Waals surface area contributed by atoms with Crippen LogP contribution in [0, 0.1) is 0 Å². The molecule has 0 N–H and O–H groups in total. The van der Waals surface area contributed by atoms with E-state index >= 15 is 0 Å². The Hall–Kier alpha value is -1.08. The van der Waals surface area contributed by atoms with Crippen LogP contribution in [0.25, 0.3) is 0 Å². The Morgan fingerprint density at radius 1 is 1.47 bits per heavy atom. The molecular formula is C10H17NO5S. The molecule has 1 aliphatic heterocycles. The number of carbonyl (C=O) groups excluding carboxylic acids is 1. The van der Waals surface area contributed by atoms with Gasteiger partial charge in [0.05, 0.1) is 12.4 Å². The van der Waals surface area contributed by atoms with Gasteiger partial charge in [-0.25, -0.2) is 4.79 Å². The maximum atomic E-state index is 11.4. The van der Waals surface area contributed by atoms with Crippen LogP contribution in [0.2, 0.25) is 0 Å². The van der Waals surface area contributed by atoms with Gasteiger partial charge >= 0.3 is 6.09 Å². The highest BCUT2D eigenvalue weighted by molar-refractivity contribution is 7.86. The summed E-state index contributed by atoms with van der Waals surface area (Å²) < 4.78 is 31.6. The molecule has 0 aromatic heterocycles. The molecule has 1 fully saturated rings. The Morgan fingerprint density at radius 2 is 2.06 bits per heavy atom. The Kier molecular flexibility index (Phi) is 4.95. The first-order valence-electron chi connectivity index (χ1n) is 5.33. The fourth-order valence-electron chi connectivity index (χ4n) is 1.60. The smallest absolute Gasteiger partial charge is 0.410 e. The molecular weight excluding hydrogens is 246 g/mol. The van der Waals surface area contributed by atoms with E-state index in [2.05, 4.69) is 6.58 Å². The number of carbonyl (C=O) groups is 1. The van der Waals surface area contributed by atoms with Crippen LogP contribution >= 0.6 is 0 Å². The summed E-state index contributed by atoms with van der Waals surface area (Å²) in [6.07, 6.45) is 2.78. The molecule has 7 heteroatoms. The van der Waals surface area contributed by atoms with Crippen LogP contribution in [0.3, 0.4) is 0 Å². The summed E-state index contributed by atoms with van der Waals surface area (Å²) in [6, 6.07) is 0. The van der Waals surface area contributed by atoms with Gasteiger partial charge in [0, 0.05) is 13.1 Å². The number of rotatable bonds is 4. The van der Waals surface area contributed by atoms with Crippen LogP contribution in [0.15, 0.2) is 12.7 Å². The maximum Gasteiger partial charge on any atom is 0.410 e. The third-order valence-corrected chi connectivity index (χ3v) is 2.96. The van der Waals surface area contributed by atoms with Crippen LogP contribution in [0.5, 0.6) is 0 Å². The molecule has 0 atom stereocenters. The molecule has 6 nitrogen and oxygen atoms in total. The quantitative estimate of drug-likeness (QED) is 0.553. The van der Waals surface area contributed by atoms with Gasteiger partial charge in [0.15, 0.2) is 0 Å². The molecule has 0 aromatic carbocycles. The van der Waals surface area contributed by atoms with E-state index in [-0.39, 0.29) is 12.7 Å². The predicted molar refractivity (Wildman–Crippen MR) is 62.1 cm³/mol. The largest absolute Gasteiger partial charge is 0.445 e. The van der Waals surface area contributed by atoms with Crippen molar-refractivity contribution in [2.45, 2.75) is 18.9 Å². The van der Waals surface area contributed by atoms with Crippen molar-refractivity contribution in [3.8, 4) is 0 Å². The summed E-state index contributed by atoms with van der Waals surface area (Å²) >= 11 is 0. The van der Waals surface area contributed by atoms with Gasteiger partial charge in [-0.05, 0) is 12.8 Å². The minimum absolute atomic E-state index is 0.179. The summed E-state index contributed by atoms with van der Waals surface area (Å²) in [5.74, 6) is 0. The first-order chi connectivity index (χ1) is 7.92. The maximum absolute atomic E-state index is 11.4. The number of nitrogens with zero attached hydrogens (tertiary/aromatic N) is 1. The molecule has 1 heterocycles. The van der Waals surface area contributed by atoms with Crippen molar-refractivity contribution in [3.63, 3.8) is 0 Å². The second kappa shape index (κ2) is 6.02. The molecule has 0 radical (unpaired) electrons. The highest BCUT2D eigenvalue weighted by atomic mass is 32.2. The molecule has 1 amide bonds. The molecule has 1 rings (SSSR count). The number of hydrogen-bond acceptors (Lipinski definition) is 5. The topological polar surface area (TPSA) is 72.9 Å². The summed E-state index contributed by atoms with van der Waals surface area (Å²) in [5.41, 5.74) is 0. The standard InChI is InChI=1S/C10H17NO5S/c1-3-8-15-10(12)11-6-4-9(5-7-11)16-17(2,13)14/h3,9H,1,4-8H2,2H3. The fraction of sp³-hybridized carbons (Fsp3) is 0.700. The van der Waals surface area contributed by atoms with Crippen molar-refractivity contribution in [1.82, 2.24) is 4.90 Å². The third-order valence-electron chi connectivity index (χ3n) is 2.34. The lowest BCUT2D eigenvalue weighted by Gasteiger charge is -2.30. The van der Waals surface area contributed by atoms with Gasteiger partial charge in [0.2, 0.25) is 0 Å². The average Bonchev–Trinajstić information content (AvgIpc) is 2.24. The second-order valence-electron chi connectivity index (χ2n) is 3.85. The van der Waals surface area contributed by atoms with Crippen LogP contribution in [-0.2, 0) is 19.0 Å². The van der Waals surface area contributed by atoms with Gasteiger partial charge in [0.25, 0.3) is 10.1 Å². The lowest BCUT2D eigenvalue weighted by Crippen LogP contribution is -2.41. The van der Waals surface area contributed by atoms with Gasteiger partial charge in [0.1, 0.15) is 6.61 Å². The molecule has 0 spiro atoms. The summed E-state index contributed by atoms with van der Waals surface area (Å²) in [4.78, 5) is 13.0. The third kappa shape index (κ3) is 5.18. The van der Waals surface area contributed by atoms with Crippen molar-refractivity contribution in [2.75, 3.05) is 26.0 Å². The lowest BCUT2D eigenvalue weighted by atomic mass is 10.1. The normalized spacial score (nSPS) is 17.8. The van der Waals surface area contributed by atoms with E-state index in [1.54, 1.807) is 0 Å². The minimum atomic E-state index is -3.42. The number of ether oxygens (including phenoxy) is 1. The molecule has 1 aliphatic rings. The fourth-order valence-corrected chi connectivity index (χ4v) is 2.29. The van der Waals surface area contributed by atoms with Crippen molar-refractivity contribution in [1.29, 1.82) is 0 Å². The number of hydrogen-bond donors (Lipinski definition) is 0.